The van der Waals surface area contributed by atoms with Crippen molar-refractivity contribution in [2.45, 2.75) is 18.9 Å². The van der Waals surface area contributed by atoms with Crippen LogP contribution in [0.3, 0.4) is 0 Å². The molecule has 3 heteroatoms. The molecule has 0 aromatic heterocycles. The van der Waals surface area contributed by atoms with E-state index in [0.717, 1.165) is 25.9 Å². The number of carbonyl (C=O) groups excluding carboxylic acids is 1. The number of aliphatic imine (C=N–C) groups is 1. The van der Waals surface area contributed by atoms with Gasteiger partial charge in [-0.25, -0.2) is 9.79 Å². The van der Waals surface area contributed by atoms with Gasteiger partial charge in [0.05, 0.1) is 6.04 Å². The van der Waals surface area contributed by atoms with Crippen LogP contribution in [0, 0.1) is 0 Å². The van der Waals surface area contributed by atoms with Gasteiger partial charge in [-0.3, -0.25) is 0 Å². The summed E-state index contributed by atoms with van der Waals surface area (Å²) in [7, 11) is 0. The van der Waals surface area contributed by atoms with E-state index in [1.54, 1.807) is 6.08 Å². The van der Waals surface area contributed by atoms with Gasteiger partial charge in [0.2, 0.25) is 6.08 Å². The molecule has 1 fully saturated rings. The minimum Gasteiger partial charge on any atom is -0.315 e. The first-order valence-corrected chi connectivity index (χ1v) is 3.21. The van der Waals surface area contributed by atoms with Gasteiger partial charge in [0.1, 0.15) is 0 Å². The molecule has 0 saturated carbocycles. The molecule has 1 N–H and O–H groups in total. The lowest BCUT2D eigenvalue weighted by Crippen LogP contribution is -2.32. The maximum absolute atomic E-state index is 9.75. The van der Waals surface area contributed by atoms with Crippen LogP contribution in [0.2, 0.25) is 0 Å². The Morgan fingerprint density at radius 1 is 1.67 bits per heavy atom. The zero-order valence-corrected chi connectivity index (χ0v) is 5.26. The van der Waals surface area contributed by atoms with Crippen LogP contribution in [0.1, 0.15) is 12.8 Å². The summed E-state index contributed by atoms with van der Waals surface area (Å²) in [6.07, 6.45) is 3.72. The molecule has 3 nitrogen and oxygen atoms in total. The Labute approximate surface area is 54.2 Å². The fourth-order valence-electron chi connectivity index (χ4n) is 1.02. The van der Waals surface area contributed by atoms with Crippen molar-refractivity contribution in [1.82, 2.24) is 5.32 Å². The molecule has 1 aliphatic rings. The molecule has 1 aliphatic heterocycles. The molecular formula is C6H10N2O. The normalized spacial score (nSPS) is 26.9. The molecule has 0 amide bonds. The van der Waals surface area contributed by atoms with Gasteiger partial charge in [-0.1, -0.05) is 0 Å². The Morgan fingerprint density at radius 3 is 3.11 bits per heavy atom. The fraction of sp³-hybridized carbons (Fsp3) is 0.833. The van der Waals surface area contributed by atoms with Crippen LogP contribution in [0.15, 0.2) is 4.99 Å². The summed E-state index contributed by atoms with van der Waals surface area (Å²) in [5.74, 6) is 0. The molecule has 1 atom stereocenters. The zero-order chi connectivity index (χ0) is 6.53. The highest BCUT2D eigenvalue weighted by Crippen LogP contribution is 2.03. The molecule has 9 heavy (non-hydrogen) atoms. The lowest BCUT2D eigenvalue weighted by molar-refractivity contribution is 0.456. The van der Waals surface area contributed by atoms with Crippen LogP contribution >= 0.6 is 0 Å². The summed E-state index contributed by atoms with van der Waals surface area (Å²) in [6, 6.07) is 0.191. The van der Waals surface area contributed by atoms with Gasteiger partial charge in [0.15, 0.2) is 0 Å². The van der Waals surface area contributed by atoms with E-state index < -0.39 is 0 Å². The molecule has 0 radical (unpaired) electrons. The van der Waals surface area contributed by atoms with Crippen molar-refractivity contribution in [2.24, 2.45) is 4.99 Å². The maximum Gasteiger partial charge on any atom is 0.235 e. The highest BCUT2D eigenvalue weighted by atomic mass is 16.1. The van der Waals surface area contributed by atoms with Crippen molar-refractivity contribution in [3.63, 3.8) is 0 Å². The number of rotatable bonds is 1. The zero-order valence-electron chi connectivity index (χ0n) is 5.26. The highest BCUT2D eigenvalue weighted by Gasteiger charge is 2.09. The van der Waals surface area contributed by atoms with Gasteiger partial charge in [-0.2, -0.15) is 0 Å². The van der Waals surface area contributed by atoms with Gasteiger partial charge in [0.25, 0.3) is 0 Å². The van der Waals surface area contributed by atoms with Crippen LogP contribution in [0.4, 0.5) is 0 Å². The SMILES string of the molecule is O=C=NC1CCCNC1. The highest BCUT2D eigenvalue weighted by molar-refractivity contribution is 5.33. The lowest BCUT2D eigenvalue weighted by Gasteiger charge is -2.16. The Bertz CT molecular complexity index is 123. The molecular weight excluding hydrogens is 116 g/mol. The topological polar surface area (TPSA) is 41.5 Å². The second-order valence-corrected chi connectivity index (χ2v) is 2.22. The Balaban J connectivity index is 2.31. The molecule has 1 saturated heterocycles. The van der Waals surface area contributed by atoms with Crippen molar-refractivity contribution in [3.8, 4) is 0 Å². The predicted molar refractivity (Wildman–Crippen MR) is 34.0 cm³/mol. The third kappa shape index (κ3) is 1.96. The van der Waals surface area contributed by atoms with E-state index >= 15 is 0 Å². The Hall–Kier alpha value is -0.660. The molecule has 1 rings (SSSR count). The number of hydrogen-bond acceptors (Lipinski definition) is 3. The standard InChI is InChI=1S/C6H10N2O/c9-5-8-6-2-1-3-7-4-6/h6-7H,1-4H2. The van der Waals surface area contributed by atoms with Crippen LogP contribution < -0.4 is 5.32 Å². The minimum absolute atomic E-state index is 0.191. The summed E-state index contributed by atoms with van der Waals surface area (Å²) in [5.41, 5.74) is 0. The monoisotopic (exact) mass is 126 g/mol. The molecule has 1 unspecified atom stereocenters. The number of hydrogen-bond donors (Lipinski definition) is 1. The van der Waals surface area contributed by atoms with Gasteiger partial charge >= 0.3 is 0 Å². The molecule has 0 aromatic carbocycles. The van der Waals surface area contributed by atoms with E-state index in [-0.39, 0.29) is 6.04 Å². The average Bonchev–Trinajstić information content (AvgIpc) is 1.91. The van der Waals surface area contributed by atoms with Gasteiger partial charge in [-0.05, 0) is 19.4 Å². The van der Waals surface area contributed by atoms with Gasteiger partial charge in [-0.15, -0.1) is 0 Å². The minimum atomic E-state index is 0.191. The van der Waals surface area contributed by atoms with Crippen molar-refractivity contribution in [2.75, 3.05) is 13.1 Å². The van der Waals surface area contributed by atoms with Crippen molar-refractivity contribution >= 4 is 6.08 Å². The van der Waals surface area contributed by atoms with Crippen LogP contribution in [-0.4, -0.2) is 25.2 Å². The second-order valence-electron chi connectivity index (χ2n) is 2.22. The maximum atomic E-state index is 9.75. The number of nitrogens with one attached hydrogen (secondary N) is 1. The van der Waals surface area contributed by atoms with Crippen LogP contribution in [-0.2, 0) is 4.79 Å². The largest absolute Gasteiger partial charge is 0.315 e. The molecule has 0 spiro atoms. The van der Waals surface area contributed by atoms with E-state index in [4.69, 9.17) is 0 Å². The predicted octanol–water partition coefficient (Wildman–Crippen LogP) is 0.0742. The van der Waals surface area contributed by atoms with Crippen LogP contribution in [0.25, 0.3) is 0 Å². The number of nitrogens with zero attached hydrogens (tertiary/aromatic N) is 1. The third-order valence-corrected chi connectivity index (χ3v) is 1.51. The quantitative estimate of drug-likeness (QED) is 0.399. The van der Waals surface area contributed by atoms with Gasteiger partial charge < -0.3 is 5.32 Å². The first-order chi connectivity index (χ1) is 4.43. The molecule has 0 aromatic rings. The summed E-state index contributed by atoms with van der Waals surface area (Å²) in [5, 5.41) is 3.15. The van der Waals surface area contributed by atoms with Gasteiger partial charge in [0, 0.05) is 6.54 Å². The third-order valence-electron chi connectivity index (χ3n) is 1.51. The van der Waals surface area contributed by atoms with Crippen LogP contribution in [0.5, 0.6) is 0 Å². The summed E-state index contributed by atoms with van der Waals surface area (Å²) < 4.78 is 0. The average molecular weight is 126 g/mol. The molecule has 1 heterocycles. The first kappa shape index (κ1) is 6.46. The number of piperidine rings is 1. The summed E-state index contributed by atoms with van der Waals surface area (Å²) in [6.45, 7) is 1.90. The Morgan fingerprint density at radius 2 is 2.56 bits per heavy atom. The Kier molecular flexibility index (Phi) is 2.43. The van der Waals surface area contributed by atoms with E-state index in [9.17, 15) is 4.79 Å². The number of isocyanates is 1. The van der Waals surface area contributed by atoms with E-state index in [0.29, 0.717) is 0 Å². The smallest absolute Gasteiger partial charge is 0.235 e. The lowest BCUT2D eigenvalue weighted by atomic mass is 10.1. The fourth-order valence-corrected chi connectivity index (χ4v) is 1.02. The summed E-state index contributed by atoms with van der Waals surface area (Å²) >= 11 is 0. The molecule has 0 aliphatic carbocycles. The second kappa shape index (κ2) is 3.38. The molecule has 50 valence electrons. The van der Waals surface area contributed by atoms with E-state index in [2.05, 4.69) is 10.3 Å². The molecule has 0 bridgehead atoms. The first-order valence-electron chi connectivity index (χ1n) is 3.21. The van der Waals surface area contributed by atoms with Crippen molar-refractivity contribution < 1.29 is 4.79 Å². The van der Waals surface area contributed by atoms with E-state index in [1.165, 1.54) is 0 Å². The summed E-state index contributed by atoms with van der Waals surface area (Å²) in [4.78, 5) is 13.4. The van der Waals surface area contributed by atoms with Crippen molar-refractivity contribution in [1.29, 1.82) is 0 Å². The van der Waals surface area contributed by atoms with E-state index in [1.807, 2.05) is 0 Å². The van der Waals surface area contributed by atoms with Crippen molar-refractivity contribution in [3.05, 3.63) is 0 Å².